The Morgan fingerprint density at radius 1 is 1.22 bits per heavy atom. The highest BCUT2D eigenvalue weighted by molar-refractivity contribution is 9.10. The first-order chi connectivity index (χ1) is 8.63. The SMILES string of the molecule is O=C(O)CCc1nnc(Cc2ccc(Br)cc2)o1. The standard InChI is InChI=1S/C12H11BrN2O3/c13-9-3-1-8(2-4-9)7-11-15-14-10(18-11)5-6-12(16)17/h1-4H,5-7H2,(H,16,17). The van der Waals surface area contributed by atoms with Crippen molar-refractivity contribution >= 4 is 21.9 Å². The number of hydrogen-bond donors (Lipinski definition) is 1. The van der Waals surface area contributed by atoms with Gasteiger partial charge in [-0.25, -0.2) is 0 Å². The van der Waals surface area contributed by atoms with Crippen molar-refractivity contribution in [2.75, 3.05) is 0 Å². The summed E-state index contributed by atoms with van der Waals surface area (Å²) >= 11 is 3.36. The lowest BCUT2D eigenvalue weighted by Gasteiger charge is -1.96. The van der Waals surface area contributed by atoms with E-state index in [9.17, 15) is 4.79 Å². The highest BCUT2D eigenvalue weighted by Crippen LogP contribution is 2.14. The molecule has 2 aromatic rings. The zero-order valence-corrected chi connectivity index (χ0v) is 11.1. The number of carboxylic acid groups (broad SMARTS) is 1. The van der Waals surface area contributed by atoms with Crippen LogP contribution in [-0.2, 0) is 17.6 Å². The maximum atomic E-state index is 10.4. The van der Waals surface area contributed by atoms with E-state index in [1.54, 1.807) is 0 Å². The molecule has 0 bridgehead atoms. The molecule has 0 spiro atoms. The fourth-order valence-electron chi connectivity index (χ4n) is 1.45. The predicted molar refractivity (Wildman–Crippen MR) is 67.2 cm³/mol. The van der Waals surface area contributed by atoms with Crippen molar-refractivity contribution in [3.8, 4) is 0 Å². The first kappa shape index (κ1) is 12.8. The minimum atomic E-state index is -0.873. The molecule has 0 saturated carbocycles. The van der Waals surface area contributed by atoms with Crippen molar-refractivity contribution in [1.82, 2.24) is 10.2 Å². The number of hydrogen-bond acceptors (Lipinski definition) is 4. The molecule has 6 heteroatoms. The molecule has 0 saturated heterocycles. The molecular weight excluding hydrogens is 300 g/mol. The fraction of sp³-hybridized carbons (Fsp3) is 0.250. The average Bonchev–Trinajstić information content (AvgIpc) is 2.77. The Kier molecular flexibility index (Phi) is 4.09. The van der Waals surface area contributed by atoms with E-state index in [0.29, 0.717) is 18.2 Å². The van der Waals surface area contributed by atoms with Crippen molar-refractivity contribution < 1.29 is 14.3 Å². The molecule has 0 fully saturated rings. The van der Waals surface area contributed by atoms with Gasteiger partial charge in [0.25, 0.3) is 0 Å². The summed E-state index contributed by atoms with van der Waals surface area (Å²) in [5.74, 6) is -0.00937. The summed E-state index contributed by atoms with van der Waals surface area (Å²) < 4.78 is 6.38. The van der Waals surface area contributed by atoms with Crippen LogP contribution >= 0.6 is 15.9 Å². The van der Waals surface area contributed by atoms with E-state index < -0.39 is 5.97 Å². The molecule has 1 aromatic carbocycles. The van der Waals surface area contributed by atoms with Gasteiger partial charge in [0.05, 0.1) is 12.8 Å². The molecule has 5 nitrogen and oxygen atoms in total. The Morgan fingerprint density at radius 2 is 1.89 bits per heavy atom. The zero-order chi connectivity index (χ0) is 13.0. The molecule has 0 aliphatic heterocycles. The predicted octanol–water partition coefficient (Wildman–Crippen LogP) is 2.44. The van der Waals surface area contributed by atoms with E-state index in [-0.39, 0.29) is 12.8 Å². The lowest BCUT2D eigenvalue weighted by atomic mass is 10.1. The normalized spacial score (nSPS) is 10.5. The van der Waals surface area contributed by atoms with Gasteiger partial charge in [-0.15, -0.1) is 10.2 Å². The number of rotatable bonds is 5. The van der Waals surface area contributed by atoms with Gasteiger partial charge in [-0.3, -0.25) is 4.79 Å². The number of nitrogens with zero attached hydrogens (tertiary/aromatic N) is 2. The van der Waals surface area contributed by atoms with Crippen molar-refractivity contribution in [1.29, 1.82) is 0 Å². The van der Waals surface area contributed by atoms with E-state index in [1.807, 2.05) is 24.3 Å². The van der Waals surface area contributed by atoms with E-state index >= 15 is 0 Å². The lowest BCUT2D eigenvalue weighted by molar-refractivity contribution is -0.137. The molecule has 94 valence electrons. The Bertz CT molecular complexity index is 537. The van der Waals surface area contributed by atoms with E-state index in [2.05, 4.69) is 26.1 Å². The van der Waals surface area contributed by atoms with Gasteiger partial charge < -0.3 is 9.52 Å². The first-order valence-electron chi connectivity index (χ1n) is 5.41. The summed E-state index contributed by atoms with van der Waals surface area (Å²) in [7, 11) is 0. The third kappa shape index (κ3) is 3.66. The second-order valence-corrected chi connectivity index (χ2v) is 4.70. The zero-order valence-electron chi connectivity index (χ0n) is 9.47. The van der Waals surface area contributed by atoms with E-state index in [1.165, 1.54) is 0 Å². The maximum Gasteiger partial charge on any atom is 0.303 e. The molecule has 0 aliphatic rings. The second kappa shape index (κ2) is 5.77. The van der Waals surface area contributed by atoms with Crippen LogP contribution in [0.4, 0.5) is 0 Å². The fourth-order valence-corrected chi connectivity index (χ4v) is 1.72. The largest absolute Gasteiger partial charge is 0.481 e. The number of aromatic nitrogens is 2. The molecule has 2 rings (SSSR count). The first-order valence-corrected chi connectivity index (χ1v) is 6.20. The number of aliphatic carboxylic acids is 1. The molecule has 1 N–H and O–H groups in total. The van der Waals surface area contributed by atoms with Gasteiger partial charge in [0.2, 0.25) is 11.8 Å². The molecule has 1 heterocycles. The van der Waals surface area contributed by atoms with Crippen LogP contribution in [0.2, 0.25) is 0 Å². The Morgan fingerprint density at radius 3 is 2.56 bits per heavy atom. The highest BCUT2D eigenvalue weighted by Gasteiger charge is 2.08. The topological polar surface area (TPSA) is 76.2 Å². The Labute approximate surface area is 112 Å². The molecule has 1 aromatic heterocycles. The maximum absolute atomic E-state index is 10.4. The van der Waals surface area contributed by atoms with Gasteiger partial charge in [0.1, 0.15) is 0 Å². The van der Waals surface area contributed by atoms with Gasteiger partial charge in [-0.05, 0) is 17.7 Å². The van der Waals surface area contributed by atoms with Gasteiger partial charge in [-0.1, -0.05) is 28.1 Å². The molecule has 0 atom stereocenters. The number of carbonyl (C=O) groups is 1. The van der Waals surface area contributed by atoms with Gasteiger partial charge in [0.15, 0.2) is 0 Å². The van der Waals surface area contributed by atoms with Crippen LogP contribution in [0.3, 0.4) is 0 Å². The quantitative estimate of drug-likeness (QED) is 0.918. The van der Waals surface area contributed by atoms with Crippen molar-refractivity contribution in [3.63, 3.8) is 0 Å². The van der Waals surface area contributed by atoms with Crippen LogP contribution in [0.15, 0.2) is 33.2 Å². The summed E-state index contributed by atoms with van der Waals surface area (Å²) in [6.07, 6.45) is 0.815. The van der Waals surface area contributed by atoms with E-state index in [0.717, 1.165) is 10.0 Å². The molecule has 0 unspecified atom stereocenters. The third-order valence-electron chi connectivity index (χ3n) is 2.33. The van der Waals surface area contributed by atoms with Crippen LogP contribution in [0.1, 0.15) is 23.8 Å². The van der Waals surface area contributed by atoms with E-state index in [4.69, 9.17) is 9.52 Å². The lowest BCUT2D eigenvalue weighted by Crippen LogP contribution is -1.97. The summed E-state index contributed by atoms with van der Waals surface area (Å²) in [4.78, 5) is 10.4. The van der Waals surface area contributed by atoms with Crippen LogP contribution < -0.4 is 0 Å². The monoisotopic (exact) mass is 310 g/mol. The van der Waals surface area contributed by atoms with Gasteiger partial charge in [-0.2, -0.15) is 0 Å². The highest BCUT2D eigenvalue weighted by atomic mass is 79.9. The number of aryl methyl sites for hydroxylation is 1. The van der Waals surface area contributed by atoms with Crippen LogP contribution in [0.25, 0.3) is 0 Å². The average molecular weight is 311 g/mol. The molecule has 18 heavy (non-hydrogen) atoms. The summed E-state index contributed by atoms with van der Waals surface area (Å²) in [6, 6.07) is 7.81. The minimum Gasteiger partial charge on any atom is -0.481 e. The van der Waals surface area contributed by atoms with Crippen LogP contribution in [0.5, 0.6) is 0 Å². The van der Waals surface area contributed by atoms with Crippen LogP contribution in [-0.4, -0.2) is 21.3 Å². The number of halogens is 1. The van der Waals surface area contributed by atoms with Gasteiger partial charge in [0, 0.05) is 10.9 Å². The second-order valence-electron chi connectivity index (χ2n) is 3.79. The molecule has 0 aliphatic carbocycles. The van der Waals surface area contributed by atoms with Crippen molar-refractivity contribution in [2.24, 2.45) is 0 Å². The van der Waals surface area contributed by atoms with Crippen molar-refractivity contribution in [3.05, 3.63) is 46.1 Å². The Balaban J connectivity index is 1.97. The molecular formula is C12H11BrN2O3. The third-order valence-corrected chi connectivity index (χ3v) is 2.86. The molecule has 0 radical (unpaired) electrons. The smallest absolute Gasteiger partial charge is 0.303 e. The summed E-state index contributed by atoms with van der Waals surface area (Å²) in [5.41, 5.74) is 1.06. The van der Waals surface area contributed by atoms with Crippen molar-refractivity contribution in [2.45, 2.75) is 19.3 Å². The van der Waals surface area contributed by atoms with Gasteiger partial charge >= 0.3 is 5.97 Å². The molecule has 0 amide bonds. The van der Waals surface area contributed by atoms with Crippen LogP contribution in [0, 0.1) is 0 Å². The number of carboxylic acids is 1. The summed E-state index contributed by atoms with van der Waals surface area (Å²) in [5, 5.41) is 16.3. The Hall–Kier alpha value is -1.69. The summed E-state index contributed by atoms with van der Waals surface area (Å²) in [6.45, 7) is 0. The minimum absolute atomic E-state index is 0.0000822. The number of benzene rings is 1.